The van der Waals surface area contributed by atoms with E-state index in [9.17, 15) is 13.2 Å². The zero-order valence-electron chi connectivity index (χ0n) is 7.23. The van der Waals surface area contributed by atoms with E-state index in [0.29, 0.717) is 0 Å². The zero-order valence-corrected chi connectivity index (χ0v) is 7.99. The van der Waals surface area contributed by atoms with Gasteiger partial charge < -0.3 is 4.74 Å². The van der Waals surface area contributed by atoms with E-state index in [1.165, 1.54) is 0 Å². The van der Waals surface area contributed by atoms with Gasteiger partial charge in [0.15, 0.2) is 0 Å². The number of pyridine rings is 1. The van der Waals surface area contributed by atoms with Gasteiger partial charge in [-0.05, 0) is 13.0 Å². The second-order valence-electron chi connectivity index (χ2n) is 2.45. The lowest BCUT2D eigenvalue weighted by molar-refractivity contribution is -0.137. The minimum atomic E-state index is -4.43. The van der Waals surface area contributed by atoms with Gasteiger partial charge in [0.2, 0.25) is 5.88 Å². The second-order valence-corrected chi connectivity index (χ2v) is 2.83. The Kier molecular flexibility index (Phi) is 3.21. The Morgan fingerprint density at radius 3 is 2.57 bits per heavy atom. The summed E-state index contributed by atoms with van der Waals surface area (Å²) < 4.78 is 41.6. The molecule has 0 spiro atoms. The lowest BCUT2D eigenvalue weighted by Gasteiger charge is -2.08. The molecule has 2 nitrogen and oxygen atoms in total. The number of hydrogen-bond acceptors (Lipinski definition) is 2. The van der Waals surface area contributed by atoms with Crippen LogP contribution in [-0.4, -0.2) is 11.6 Å². The Balaban J connectivity index is 3.07. The van der Waals surface area contributed by atoms with Crippen molar-refractivity contribution in [1.82, 2.24) is 4.98 Å². The second kappa shape index (κ2) is 4.04. The Labute approximate surface area is 83.7 Å². The average molecular weight is 226 g/mol. The lowest BCUT2D eigenvalue weighted by Crippen LogP contribution is -2.06. The molecule has 0 unspecified atom stereocenters. The standard InChI is InChI=1S/C8H7ClF3NO/c1-2-14-7-4-5(8(10,11)12)3-6(9)13-7/h3-4H,2H2,1H3. The van der Waals surface area contributed by atoms with Crippen LogP contribution < -0.4 is 4.74 Å². The number of rotatable bonds is 2. The van der Waals surface area contributed by atoms with Crippen molar-refractivity contribution in [3.05, 3.63) is 22.8 Å². The van der Waals surface area contributed by atoms with Crippen LogP contribution >= 0.6 is 11.6 Å². The van der Waals surface area contributed by atoms with Gasteiger partial charge in [0.05, 0.1) is 12.2 Å². The molecule has 1 aromatic rings. The predicted molar refractivity (Wildman–Crippen MR) is 45.4 cm³/mol. The van der Waals surface area contributed by atoms with E-state index < -0.39 is 11.7 Å². The van der Waals surface area contributed by atoms with E-state index in [1.54, 1.807) is 6.92 Å². The van der Waals surface area contributed by atoms with Gasteiger partial charge in [-0.1, -0.05) is 11.6 Å². The van der Waals surface area contributed by atoms with E-state index >= 15 is 0 Å². The Hall–Kier alpha value is -0.970. The molecule has 78 valence electrons. The van der Waals surface area contributed by atoms with Crippen molar-refractivity contribution < 1.29 is 17.9 Å². The maximum absolute atomic E-state index is 12.2. The average Bonchev–Trinajstić information content (AvgIpc) is 2.02. The highest BCUT2D eigenvalue weighted by Crippen LogP contribution is 2.32. The number of hydrogen-bond donors (Lipinski definition) is 0. The molecule has 0 aliphatic carbocycles. The summed E-state index contributed by atoms with van der Waals surface area (Å²) in [5.74, 6) is -0.118. The van der Waals surface area contributed by atoms with Crippen molar-refractivity contribution >= 4 is 11.6 Å². The third-order valence-electron chi connectivity index (χ3n) is 1.39. The highest BCUT2D eigenvalue weighted by atomic mass is 35.5. The molecule has 0 aromatic carbocycles. The van der Waals surface area contributed by atoms with Crippen LogP contribution in [0.3, 0.4) is 0 Å². The number of nitrogens with zero attached hydrogens (tertiary/aromatic N) is 1. The minimum Gasteiger partial charge on any atom is -0.478 e. The van der Waals surface area contributed by atoms with Crippen molar-refractivity contribution in [3.8, 4) is 5.88 Å². The molecule has 0 radical (unpaired) electrons. The highest BCUT2D eigenvalue weighted by Gasteiger charge is 2.31. The first kappa shape index (κ1) is 11.1. The quantitative estimate of drug-likeness (QED) is 0.722. The molecule has 6 heteroatoms. The first-order valence-corrected chi connectivity index (χ1v) is 4.19. The van der Waals surface area contributed by atoms with Gasteiger partial charge in [0.25, 0.3) is 0 Å². The number of ether oxygens (including phenoxy) is 1. The molecule has 0 amide bonds. The maximum atomic E-state index is 12.2. The zero-order chi connectivity index (χ0) is 10.8. The highest BCUT2D eigenvalue weighted by molar-refractivity contribution is 6.29. The maximum Gasteiger partial charge on any atom is 0.416 e. The summed E-state index contributed by atoms with van der Waals surface area (Å²) in [6.45, 7) is 1.89. The molecule has 0 atom stereocenters. The van der Waals surface area contributed by atoms with Crippen LogP contribution in [0.1, 0.15) is 12.5 Å². The normalized spacial score (nSPS) is 11.5. The first-order valence-electron chi connectivity index (χ1n) is 3.81. The van der Waals surface area contributed by atoms with Crippen LogP contribution in [0.5, 0.6) is 5.88 Å². The number of aromatic nitrogens is 1. The van der Waals surface area contributed by atoms with Crippen LogP contribution in [0.2, 0.25) is 5.15 Å². The van der Waals surface area contributed by atoms with Gasteiger partial charge in [-0.2, -0.15) is 13.2 Å². The third kappa shape index (κ3) is 2.77. The number of halogens is 4. The largest absolute Gasteiger partial charge is 0.478 e. The molecule has 0 aliphatic rings. The summed E-state index contributed by atoms with van der Waals surface area (Å²) >= 11 is 5.40. The fourth-order valence-corrected chi connectivity index (χ4v) is 1.06. The third-order valence-corrected chi connectivity index (χ3v) is 1.58. The molecule has 0 fully saturated rings. The van der Waals surface area contributed by atoms with Gasteiger partial charge in [0, 0.05) is 6.07 Å². The van der Waals surface area contributed by atoms with E-state index in [1.807, 2.05) is 0 Å². The van der Waals surface area contributed by atoms with Gasteiger partial charge in [-0.25, -0.2) is 4.98 Å². The van der Waals surface area contributed by atoms with Crippen LogP contribution in [-0.2, 0) is 6.18 Å². The summed E-state index contributed by atoms with van der Waals surface area (Å²) in [4.78, 5) is 3.58. The predicted octanol–water partition coefficient (Wildman–Crippen LogP) is 3.15. The summed E-state index contributed by atoms with van der Waals surface area (Å²) in [6.07, 6.45) is -4.43. The SMILES string of the molecule is CCOc1cc(C(F)(F)F)cc(Cl)n1. The smallest absolute Gasteiger partial charge is 0.416 e. The Morgan fingerprint density at radius 1 is 1.43 bits per heavy atom. The summed E-state index contributed by atoms with van der Waals surface area (Å²) in [5.41, 5.74) is -0.860. The van der Waals surface area contributed by atoms with Crippen LogP contribution in [0, 0.1) is 0 Å². The van der Waals surface area contributed by atoms with Gasteiger partial charge in [-0.15, -0.1) is 0 Å². The molecule has 14 heavy (non-hydrogen) atoms. The van der Waals surface area contributed by atoms with E-state index in [-0.39, 0.29) is 17.6 Å². The molecule has 0 aliphatic heterocycles. The summed E-state index contributed by atoms with van der Waals surface area (Å²) in [6, 6.07) is 1.57. The molecular formula is C8H7ClF3NO. The molecule has 1 heterocycles. The fourth-order valence-electron chi connectivity index (χ4n) is 0.858. The van der Waals surface area contributed by atoms with Crippen molar-refractivity contribution in [2.45, 2.75) is 13.1 Å². The topological polar surface area (TPSA) is 22.1 Å². The minimum absolute atomic E-state index is 0.118. The molecule has 0 bridgehead atoms. The lowest BCUT2D eigenvalue weighted by atomic mass is 10.2. The van der Waals surface area contributed by atoms with Gasteiger partial charge in [0.1, 0.15) is 5.15 Å². The molecule has 1 aromatic heterocycles. The van der Waals surface area contributed by atoms with E-state index in [2.05, 4.69) is 4.98 Å². The molecule has 1 rings (SSSR count). The monoisotopic (exact) mass is 225 g/mol. The van der Waals surface area contributed by atoms with Crippen molar-refractivity contribution in [1.29, 1.82) is 0 Å². The molecule has 0 N–H and O–H groups in total. The fraction of sp³-hybridized carbons (Fsp3) is 0.375. The Bertz CT molecular complexity index is 327. The molecule has 0 saturated carbocycles. The van der Waals surface area contributed by atoms with Crippen molar-refractivity contribution in [3.63, 3.8) is 0 Å². The van der Waals surface area contributed by atoms with Gasteiger partial charge in [-0.3, -0.25) is 0 Å². The summed E-state index contributed by atoms with van der Waals surface area (Å²) in [7, 11) is 0. The molecule has 0 saturated heterocycles. The van der Waals surface area contributed by atoms with Crippen LogP contribution in [0.25, 0.3) is 0 Å². The molecular weight excluding hydrogens is 219 g/mol. The van der Waals surface area contributed by atoms with E-state index in [4.69, 9.17) is 16.3 Å². The van der Waals surface area contributed by atoms with Crippen LogP contribution in [0.4, 0.5) is 13.2 Å². The van der Waals surface area contributed by atoms with Crippen molar-refractivity contribution in [2.75, 3.05) is 6.61 Å². The first-order chi connectivity index (χ1) is 6.43. The van der Waals surface area contributed by atoms with Crippen LogP contribution in [0.15, 0.2) is 12.1 Å². The van der Waals surface area contributed by atoms with E-state index in [0.717, 1.165) is 12.1 Å². The number of alkyl halides is 3. The van der Waals surface area contributed by atoms with Crippen molar-refractivity contribution in [2.24, 2.45) is 0 Å². The summed E-state index contributed by atoms with van der Waals surface area (Å²) in [5, 5.41) is -0.233. The Morgan fingerprint density at radius 2 is 2.07 bits per heavy atom. The van der Waals surface area contributed by atoms with Gasteiger partial charge >= 0.3 is 6.18 Å².